The molecule has 0 aliphatic heterocycles. The fourth-order valence-electron chi connectivity index (χ4n) is 2.01. The minimum absolute atomic E-state index is 0.0335. The predicted molar refractivity (Wildman–Crippen MR) is 96.3 cm³/mol. The van der Waals surface area contributed by atoms with E-state index in [1.807, 2.05) is 0 Å². The Kier molecular flexibility index (Phi) is 7.21. The van der Waals surface area contributed by atoms with Gasteiger partial charge in [-0.2, -0.15) is 0 Å². The summed E-state index contributed by atoms with van der Waals surface area (Å²) < 4.78 is 13.4. The first-order chi connectivity index (χ1) is 12.1. The lowest BCUT2D eigenvalue weighted by Gasteiger charge is -2.08. The normalized spacial score (nSPS) is 10.3. The molecule has 0 unspecified atom stereocenters. The van der Waals surface area contributed by atoms with Crippen molar-refractivity contribution in [1.29, 1.82) is 0 Å². The topological polar surface area (TPSA) is 84.3 Å². The van der Waals surface area contributed by atoms with E-state index in [1.54, 1.807) is 30.3 Å². The monoisotopic (exact) mass is 363 g/mol. The molecule has 0 aromatic heterocycles. The number of benzene rings is 2. The zero-order chi connectivity index (χ0) is 18.1. The molecule has 2 aromatic carbocycles. The van der Waals surface area contributed by atoms with Crippen molar-refractivity contribution < 1.29 is 14.1 Å². The van der Waals surface area contributed by atoms with Gasteiger partial charge in [-0.3, -0.25) is 14.9 Å². The van der Waals surface area contributed by atoms with Gasteiger partial charge in [0.05, 0.1) is 4.92 Å². The lowest BCUT2D eigenvalue weighted by molar-refractivity contribution is -0.384. The van der Waals surface area contributed by atoms with Crippen molar-refractivity contribution in [2.24, 2.45) is 0 Å². The number of nitrogens with zero attached hydrogens (tertiary/aromatic N) is 1. The van der Waals surface area contributed by atoms with Crippen LogP contribution in [0.2, 0.25) is 0 Å². The highest BCUT2D eigenvalue weighted by Gasteiger charge is 2.05. The van der Waals surface area contributed by atoms with E-state index >= 15 is 0 Å². The number of carbonyl (C=O) groups is 1. The van der Waals surface area contributed by atoms with Gasteiger partial charge in [0, 0.05) is 48.0 Å². The summed E-state index contributed by atoms with van der Waals surface area (Å²) in [5.41, 5.74) is 0.779. The minimum Gasteiger partial charge on any atom is -0.383 e. The predicted octanol–water partition coefficient (Wildman–Crippen LogP) is 3.44. The number of rotatable bonds is 9. The number of hydrogen-bond donors (Lipinski definition) is 2. The van der Waals surface area contributed by atoms with Crippen LogP contribution < -0.4 is 10.6 Å². The maximum atomic E-state index is 13.4. The van der Waals surface area contributed by atoms with Gasteiger partial charge in [-0.25, -0.2) is 4.39 Å². The maximum Gasteiger partial charge on any atom is 0.269 e. The van der Waals surface area contributed by atoms with E-state index in [2.05, 4.69) is 10.6 Å². The summed E-state index contributed by atoms with van der Waals surface area (Å²) in [7, 11) is 0. The van der Waals surface area contributed by atoms with Crippen LogP contribution in [0.25, 0.3) is 0 Å². The quantitative estimate of drug-likeness (QED) is 0.309. The third-order valence-corrected chi connectivity index (χ3v) is 4.33. The van der Waals surface area contributed by atoms with E-state index in [4.69, 9.17) is 0 Å². The molecule has 1 amide bonds. The molecule has 2 N–H and O–H groups in total. The SMILES string of the molecule is O=C(CCSc1ccccc1F)NCCNc1ccc([N+](=O)[O-])cc1. The van der Waals surface area contributed by atoms with Crippen molar-refractivity contribution in [3.8, 4) is 0 Å². The van der Waals surface area contributed by atoms with E-state index < -0.39 is 4.92 Å². The van der Waals surface area contributed by atoms with Gasteiger partial charge in [0.1, 0.15) is 5.82 Å². The van der Waals surface area contributed by atoms with E-state index in [0.29, 0.717) is 30.2 Å². The highest BCUT2D eigenvalue weighted by Crippen LogP contribution is 2.21. The van der Waals surface area contributed by atoms with Gasteiger partial charge in [-0.15, -0.1) is 11.8 Å². The number of hydrogen-bond acceptors (Lipinski definition) is 5. The smallest absolute Gasteiger partial charge is 0.269 e. The third kappa shape index (κ3) is 6.42. The van der Waals surface area contributed by atoms with E-state index in [-0.39, 0.29) is 17.4 Å². The van der Waals surface area contributed by atoms with Crippen LogP contribution in [0.4, 0.5) is 15.8 Å². The molecular weight excluding hydrogens is 345 g/mol. The second kappa shape index (κ2) is 9.63. The molecule has 6 nitrogen and oxygen atoms in total. The van der Waals surface area contributed by atoms with Gasteiger partial charge in [0.25, 0.3) is 5.69 Å². The molecule has 132 valence electrons. The summed E-state index contributed by atoms with van der Waals surface area (Å²) in [4.78, 5) is 22.4. The fourth-order valence-corrected chi connectivity index (χ4v) is 2.90. The molecule has 0 bridgehead atoms. The van der Waals surface area contributed by atoms with E-state index in [1.165, 1.54) is 30.0 Å². The zero-order valence-corrected chi connectivity index (χ0v) is 14.2. The molecule has 0 saturated heterocycles. The lowest BCUT2D eigenvalue weighted by Crippen LogP contribution is -2.28. The highest BCUT2D eigenvalue weighted by atomic mass is 32.2. The molecular formula is C17H18FN3O3S. The lowest BCUT2D eigenvalue weighted by atomic mass is 10.3. The zero-order valence-electron chi connectivity index (χ0n) is 13.4. The summed E-state index contributed by atoms with van der Waals surface area (Å²) in [6, 6.07) is 12.5. The van der Waals surface area contributed by atoms with Crippen molar-refractivity contribution in [3.63, 3.8) is 0 Å². The first-order valence-corrected chi connectivity index (χ1v) is 8.67. The van der Waals surface area contributed by atoms with Gasteiger partial charge in [-0.05, 0) is 24.3 Å². The number of amides is 1. The second-order valence-corrected chi connectivity index (χ2v) is 6.25. The fraction of sp³-hybridized carbons (Fsp3) is 0.235. The summed E-state index contributed by atoms with van der Waals surface area (Å²) in [6.07, 6.45) is 0.302. The first-order valence-electron chi connectivity index (χ1n) is 7.68. The molecule has 0 saturated carbocycles. The highest BCUT2D eigenvalue weighted by molar-refractivity contribution is 7.99. The number of nitro benzene ring substituents is 1. The van der Waals surface area contributed by atoms with Crippen molar-refractivity contribution >= 4 is 29.0 Å². The molecule has 0 aliphatic rings. The number of thioether (sulfide) groups is 1. The first kappa shape index (κ1) is 18.7. The maximum absolute atomic E-state index is 13.4. The van der Waals surface area contributed by atoms with Gasteiger partial charge in [0.15, 0.2) is 0 Å². The molecule has 0 aliphatic carbocycles. The molecule has 0 heterocycles. The Bertz CT molecular complexity index is 725. The van der Waals surface area contributed by atoms with Gasteiger partial charge in [0.2, 0.25) is 5.91 Å². The number of anilines is 1. The largest absolute Gasteiger partial charge is 0.383 e. The number of non-ortho nitro benzene ring substituents is 1. The average molecular weight is 363 g/mol. The standard InChI is InChI=1S/C17H18FN3O3S/c18-15-3-1-2-4-16(15)25-12-9-17(22)20-11-10-19-13-5-7-14(8-6-13)21(23)24/h1-8,19H,9-12H2,(H,20,22). The Morgan fingerprint density at radius 3 is 2.52 bits per heavy atom. The third-order valence-electron chi connectivity index (χ3n) is 3.28. The summed E-state index contributed by atoms with van der Waals surface area (Å²) in [5.74, 6) is 0.122. The van der Waals surface area contributed by atoms with E-state index in [0.717, 1.165) is 5.69 Å². The van der Waals surface area contributed by atoms with E-state index in [9.17, 15) is 19.3 Å². The number of nitrogens with one attached hydrogen (secondary N) is 2. The second-order valence-electron chi connectivity index (χ2n) is 5.11. The molecule has 8 heteroatoms. The molecule has 0 atom stereocenters. The van der Waals surface area contributed by atoms with Gasteiger partial charge in [-0.1, -0.05) is 12.1 Å². The van der Waals surface area contributed by atoms with Gasteiger partial charge < -0.3 is 10.6 Å². The van der Waals surface area contributed by atoms with Crippen LogP contribution in [0.5, 0.6) is 0 Å². The number of halogens is 1. The number of carbonyl (C=O) groups excluding carboxylic acids is 1. The van der Waals surface area contributed by atoms with Crippen molar-refractivity contribution in [3.05, 3.63) is 64.5 Å². The molecule has 2 aromatic rings. The van der Waals surface area contributed by atoms with Crippen molar-refractivity contribution in [2.75, 3.05) is 24.2 Å². The molecule has 0 spiro atoms. The van der Waals surface area contributed by atoms with Crippen LogP contribution in [0, 0.1) is 15.9 Å². The van der Waals surface area contributed by atoms with Crippen LogP contribution in [0.15, 0.2) is 53.4 Å². The Hall–Kier alpha value is -2.61. The summed E-state index contributed by atoms with van der Waals surface area (Å²) in [5, 5.41) is 16.4. The summed E-state index contributed by atoms with van der Waals surface area (Å²) in [6.45, 7) is 0.935. The average Bonchev–Trinajstić information content (AvgIpc) is 2.61. The van der Waals surface area contributed by atoms with Crippen LogP contribution >= 0.6 is 11.8 Å². The Morgan fingerprint density at radius 2 is 1.84 bits per heavy atom. The minimum atomic E-state index is -0.455. The Balaban J connectivity index is 1.60. The molecule has 25 heavy (non-hydrogen) atoms. The molecule has 2 rings (SSSR count). The Labute approximate surface area is 149 Å². The Morgan fingerprint density at radius 1 is 1.12 bits per heavy atom. The molecule has 0 radical (unpaired) electrons. The summed E-state index contributed by atoms with van der Waals surface area (Å²) >= 11 is 1.31. The van der Waals surface area contributed by atoms with Crippen LogP contribution in [-0.2, 0) is 4.79 Å². The van der Waals surface area contributed by atoms with Crippen LogP contribution in [0.3, 0.4) is 0 Å². The van der Waals surface area contributed by atoms with Gasteiger partial charge >= 0.3 is 0 Å². The number of nitro groups is 1. The van der Waals surface area contributed by atoms with Crippen molar-refractivity contribution in [1.82, 2.24) is 5.32 Å². The molecule has 0 fully saturated rings. The van der Waals surface area contributed by atoms with Crippen LogP contribution in [0.1, 0.15) is 6.42 Å². The van der Waals surface area contributed by atoms with Crippen LogP contribution in [-0.4, -0.2) is 29.7 Å². The van der Waals surface area contributed by atoms with Crippen molar-refractivity contribution in [2.45, 2.75) is 11.3 Å².